The van der Waals surface area contributed by atoms with Gasteiger partial charge in [0.2, 0.25) is 0 Å². The average Bonchev–Trinajstić information content (AvgIpc) is 2.20. The van der Waals surface area contributed by atoms with Crippen LogP contribution in [0.3, 0.4) is 0 Å². The van der Waals surface area contributed by atoms with Gasteiger partial charge in [0.25, 0.3) is 0 Å². The summed E-state index contributed by atoms with van der Waals surface area (Å²) in [5.74, 6) is 0. The topological polar surface area (TPSA) is 18.5 Å². The standard InChI is InChI=1S/C15H35IO2Si2/c1-14(2,3)19(7,8)17-12-13(11-16)18-20(9,10)15(4,5)6/h13H,11-12H2,1-10H3. The minimum atomic E-state index is -1.70. The summed E-state index contributed by atoms with van der Waals surface area (Å²) in [6.07, 6.45) is 0.227. The predicted molar refractivity (Wildman–Crippen MR) is 104 cm³/mol. The zero-order chi connectivity index (χ0) is 16.4. The fourth-order valence-corrected chi connectivity index (χ4v) is 4.37. The van der Waals surface area contributed by atoms with Gasteiger partial charge in [0.1, 0.15) is 0 Å². The highest BCUT2D eigenvalue weighted by molar-refractivity contribution is 14.1. The van der Waals surface area contributed by atoms with Crippen molar-refractivity contribution in [2.24, 2.45) is 0 Å². The first-order chi connectivity index (χ1) is 8.64. The molecule has 0 heterocycles. The van der Waals surface area contributed by atoms with Crippen molar-refractivity contribution in [3.63, 3.8) is 0 Å². The summed E-state index contributed by atoms with van der Waals surface area (Å²) in [7, 11) is -3.37. The van der Waals surface area contributed by atoms with E-state index in [1.807, 2.05) is 0 Å². The molecule has 0 aromatic heterocycles. The van der Waals surface area contributed by atoms with Gasteiger partial charge in [-0.05, 0) is 36.3 Å². The highest BCUT2D eigenvalue weighted by atomic mass is 127. The molecule has 0 saturated heterocycles. The van der Waals surface area contributed by atoms with Crippen molar-refractivity contribution in [3.8, 4) is 0 Å². The van der Waals surface area contributed by atoms with Gasteiger partial charge in [-0.15, -0.1) is 0 Å². The zero-order valence-corrected chi connectivity index (χ0v) is 19.3. The van der Waals surface area contributed by atoms with Gasteiger partial charge in [-0.1, -0.05) is 64.1 Å². The molecule has 0 rings (SSSR count). The Morgan fingerprint density at radius 2 is 1.25 bits per heavy atom. The molecule has 0 aromatic rings. The van der Waals surface area contributed by atoms with Crippen LogP contribution >= 0.6 is 22.6 Å². The summed E-state index contributed by atoms with van der Waals surface area (Å²) >= 11 is 2.42. The van der Waals surface area contributed by atoms with E-state index in [1.54, 1.807) is 0 Å². The third-order valence-corrected chi connectivity index (χ3v) is 14.9. The number of alkyl halides is 1. The smallest absolute Gasteiger partial charge is 0.192 e. The number of hydrogen-bond donors (Lipinski definition) is 0. The molecule has 0 saturated carbocycles. The quantitative estimate of drug-likeness (QED) is 0.300. The van der Waals surface area contributed by atoms with E-state index in [4.69, 9.17) is 8.85 Å². The Hall–Kier alpha value is 1.08. The van der Waals surface area contributed by atoms with E-state index in [0.29, 0.717) is 0 Å². The second-order valence-corrected chi connectivity index (χ2v) is 19.2. The first-order valence-corrected chi connectivity index (χ1v) is 14.9. The normalized spacial score (nSPS) is 16.4. The molecular formula is C15H35IO2Si2. The van der Waals surface area contributed by atoms with Gasteiger partial charge in [-0.2, -0.15) is 0 Å². The third kappa shape index (κ3) is 6.06. The van der Waals surface area contributed by atoms with Gasteiger partial charge in [-0.3, -0.25) is 0 Å². The Balaban J connectivity index is 4.68. The molecule has 0 aromatic carbocycles. The molecule has 0 fully saturated rings. The number of hydrogen-bond acceptors (Lipinski definition) is 2. The van der Waals surface area contributed by atoms with Crippen LogP contribution in [0.25, 0.3) is 0 Å². The van der Waals surface area contributed by atoms with Gasteiger partial charge in [-0.25, -0.2) is 0 Å². The average molecular weight is 431 g/mol. The van der Waals surface area contributed by atoms with Crippen LogP contribution in [0.4, 0.5) is 0 Å². The van der Waals surface area contributed by atoms with Crippen molar-refractivity contribution in [1.82, 2.24) is 0 Å². The first kappa shape index (κ1) is 21.1. The summed E-state index contributed by atoms with van der Waals surface area (Å²) in [6.45, 7) is 23.7. The van der Waals surface area contributed by atoms with E-state index < -0.39 is 16.6 Å². The van der Waals surface area contributed by atoms with Crippen LogP contribution in [0.2, 0.25) is 36.3 Å². The number of halogens is 1. The number of rotatable bonds is 6. The molecule has 2 nitrogen and oxygen atoms in total. The Morgan fingerprint density at radius 3 is 1.55 bits per heavy atom. The molecule has 20 heavy (non-hydrogen) atoms. The first-order valence-electron chi connectivity index (χ1n) is 7.52. The summed E-state index contributed by atoms with van der Waals surface area (Å²) in [5, 5.41) is 0.522. The fraction of sp³-hybridized carbons (Fsp3) is 1.00. The van der Waals surface area contributed by atoms with E-state index in [0.717, 1.165) is 11.0 Å². The molecule has 0 aliphatic heterocycles. The fourth-order valence-electron chi connectivity index (χ4n) is 1.22. The maximum absolute atomic E-state index is 6.49. The van der Waals surface area contributed by atoms with Gasteiger partial charge >= 0.3 is 0 Å². The molecule has 1 atom stereocenters. The largest absolute Gasteiger partial charge is 0.414 e. The zero-order valence-electron chi connectivity index (χ0n) is 15.2. The van der Waals surface area contributed by atoms with Gasteiger partial charge in [0, 0.05) is 4.43 Å². The minimum absolute atomic E-state index is 0.227. The molecule has 122 valence electrons. The lowest BCUT2D eigenvalue weighted by Gasteiger charge is -2.41. The lowest BCUT2D eigenvalue weighted by Crippen LogP contribution is -2.48. The van der Waals surface area contributed by atoms with E-state index in [1.165, 1.54) is 0 Å². The summed E-state index contributed by atoms with van der Waals surface area (Å²) in [5.41, 5.74) is 0. The SMILES string of the molecule is CC(C)(C)[Si](C)(C)OCC(CI)O[Si](C)(C)C(C)(C)C. The summed E-state index contributed by atoms with van der Waals surface area (Å²) < 4.78 is 13.8. The summed E-state index contributed by atoms with van der Waals surface area (Å²) in [6, 6.07) is 0. The monoisotopic (exact) mass is 430 g/mol. The third-order valence-electron chi connectivity index (χ3n) is 4.88. The highest BCUT2D eigenvalue weighted by Gasteiger charge is 2.41. The lowest BCUT2D eigenvalue weighted by atomic mass is 10.2. The van der Waals surface area contributed by atoms with Crippen molar-refractivity contribution in [3.05, 3.63) is 0 Å². The molecule has 0 aliphatic carbocycles. The van der Waals surface area contributed by atoms with Gasteiger partial charge in [0.05, 0.1) is 12.7 Å². The van der Waals surface area contributed by atoms with Gasteiger partial charge < -0.3 is 8.85 Å². The molecule has 0 N–H and O–H groups in total. The molecule has 1 unspecified atom stereocenters. The lowest BCUT2D eigenvalue weighted by molar-refractivity contribution is 0.126. The molecule has 0 spiro atoms. The predicted octanol–water partition coefficient (Wildman–Crippen LogP) is 5.83. The van der Waals surface area contributed by atoms with Crippen LogP contribution in [0, 0.1) is 0 Å². The van der Waals surface area contributed by atoms with Crippen molar-refractivity contribution >= 4 is 39.2 Å². The Kier molecular flexibility index (Phi) is 7.49. The van der Waals surface area contributed by atoms with Crippen molar-refractivity contribution in [2.45, 2.75) is 83.9 Å². The molecule has 0 aliphatic rings. The van der Waals surface area contributed by atoms with E-state index in [-0.39, 0.29) is 16.2 Å². The molecule has 5 heteroatoms. The van der Waals surface area contributed by atoms with Crippen molar-refractivity contribution in [1.29, 1.82) is 0 Å². The summed E-state index contributed by atoms with van der Waals surface area (Å²) in [4.78, 5) is 0. The molecule has 0 amide bonds. The maximum atomic E-state index is 6.49. The highest BCUT2D eigenvalue weighted by Crippen LogP contribution is 2.39. The van der Waals surface area contributed by atoms with Crippen LogP contribution in [0.15, 0.2) is 0 Å². The van der Waals surface area contributed by atoms with Crippen molar-refractivity contribution < 1.29 is 8.85 Å². The van der Waals surface area contributed by atoms with E-state index >= 15 is 0 Å². The maximum Gasteiger partial charge on any atom is 0.192 e. The van der Waals surface area contributed by atoms with Crippen molar-refractivity contribution in [2.75, 3.05) is 11.0 Å². The van der Waals surface area contributed by atoms with Crippen LogP contribution in [-0.2, 0) is 8.85 Å². The second-order valence-electron chi connectivity index (χ2n) is 8.73. The Morgan fingerprint density at radius 1 is 0.850 bits per heavy atom. The molecule has 0 bridgehead atoms. The Labute approximate surface area is 142 Å². The van der Waals surface area contributed by atoms with Crippen LogP contribution in [0.5, 0.6) is 0 Å². The Bertz CT molecular complexity index is 304. The molecular weight excluding hydrogens is 395 g/mol. The van der Waals surface area contributed by atoms with E-state index in [2.05, 4.69) is 90.3 Å². The van der Waals surface area contributed by atoms with Crippen LogP contribution in [-0.4, -0.2) is 33.8 Å². The van der Waals surface area contributed by atoms with E-state index in [9.17, 15) is 0 Å². The van der Waals surface area contributed by atoms with Gasteiger partial charge in [0.15, 0.2) is 16.6 Å². The molecule has 0 radical (unpaired) electrons. The minimum Gasteiger partial charge on any atom is -0.414 e. The van der Waals surface area contributed by atoms with Crippen LogP contribution in [0.1, 0.15) is 41.5 Å². The second kappa shape index (κ2) is 7.11. The van der Waals surface area contributed by atoms with Crippen LogP contribution < -0.4 is 0 Å².